The van der Waals surface area contributed by atoms with Gasteiger partial charge in [-0.15, -0.1) is 0 Å². The van der Waals surface area contributed by atoms with Crippen LogP contribution >= 0.6 is 0 Å². The van der Waals surface area contributed by atoms with E-state index in [0.29, 0.717) is 12.2 Å². The second kappa shape index (κ2) is 8.10. The number of benzene rings is 1. The van der Waals surface area contributed by atoms with Crippen molar-refractivity contribution < 1.29 is 23.9 Å². The van der Waals surface area contributed by atoms with E-state index in [4.69, 9.17) is 14.2 Å². The van der Waals surface area contributed by atoms with E-state index in [9.17, 15) is 4.79 Å². The SMILES string of the molecule is COc1c2c(cc3c1C(CC(=O)C=CC1=C(C)CCCC1(C)C)[NH+](C)CC3)OCO2. The van der Waals surface area contributed by atoms with Crippen LogP contribution in [-0.2, 0) is 11.2 Å². The van der Waals surface area contributed by atoms with Crippen LogP contribution in [0.4, 0.5) is 0 Å². The zero-order chi connectivity index (χ0) is 21.5. The van der Waals surface area contributed by atoms with Crippen molar-refractivity contribution in [1.29, 1.82) is 0 Å². The van der Waals surface area contributed by atoms with E-state index in [1.165, 1.54) is 34.5 Å². The number of allylic oxidation sites excluding steroid dienone is 4. The average molecular weight is 413 g/mol. The van der Waals surface area contributed by atoms with Gasteiger partial charge < -0.3 is 19.1 Å². The zero-order valence-corrected chi connectivity index (χ0v) is 18.9. The standard InChI is InChI=1S/C25H33NO4/c1-16-7-6-11-25(2,3)19(16)9-8-18(27)14-20-22-17(10-12-26(20)4)13-21-23(24(22)28-5)30-15-29-21/h8-9,13,20H,6-7,10-12,14-15H2,1-5H3/p+1. The van der Waals surface area contributed by atoms with Gasteiger partial charge in [0.25, 0.3) is 0 Å². The first-order valence-corrected chi connectivity index (χ1v) is 11.0. The molecule has 1 aromatic carbocycles. The van der Waals surface area contributed by atoms with Crippen molar-refractivity contribution >= 4 is 5.78 Å². The van der Waals surface area contributed by atoms with Crippen LogP contribution in [-0.4, -0.2) is 33.3 Å². The normalized spacial score (nSPS) is 24.8. The van der Waals surface area contributed by atoms with Gasteiger partial charge in [0.1, 0.15) is 6.04 Å². The van der Waals surface area contributed by atoms with Crippen LogP contribution in [0.25, 0.3) is 0 Å². The Balaban J connectivity index is 1.61. The second-order valence-corrected chi connectivity index (χ2v) is 9.55. The summed E-state index contributed by atoms with van der Waals surface area (Å²) in [7, 11) is 3.83. The summed E-state index contributed by atoms with van der Waals surface area (Å²) < 4.78 is 17.0. The number of hydrogen-bond acceptors (Lipinski definition) is 4. The van der Waals surface area contributed by atoms with Crippen LogP contribution in [0.3, 0.4) is 0 Å². The summed E-state index contributed by atoms with van der Waals surface area (Å²) >= 11 is 0. The van der Waals surface area contributed by atoms with E-state index in [1.807, 2.05) is 0 Å². The molecule has 0 bridgehead atoms. The monoisotopic (exact) mass is 412 g/mol. The van der Waals surface area contributed by atoms with Crippen LogP contribution in [0.5, 0.6) is 17.2 Å². The van der Waals surface area contributed by atoms with Gasteiger partial charge in [-0.2, -0.15) is 0 Å². The number of hydrogen-bond donors (Lipinski definition) is 1. The quantitative estimate of drug-likeness (QED) is 0.751. The molecular formula is C25H34NO4+. The highest BCUT2D eigenvalue weighted by Gasteiger charge is 2.37. The summed E-state index contributed by atoms with van der Waals surface area (Å²) in [6.45, 7) is 7.96. The van der Waals surface area contributed by atoms with Crippen LogP contribution in [0, 0.1) is 5.41 Å². The summed E-state index contributed by atoms with van der Waals surface area (Å²) in [6, 6.07) is 2.11. The van der Waals surface area contributed by atoms with E-state index in [-0.39, 0.29) is 24.0 Å². The van der Waals surface area contributed by atoms with Gasteiger partial charge in [-0.05, 0) is 54.9 Å². The van der Waals surface area contributed by atoms with E-state index in [0.717, 1.165) is 36.4 Å². The number of quaternary nitrogens is 1. The van der Waals surface area contributed by atoms with E-state index in [2.05, 4.69) is 40.0 Å². The third-order valence-electron chi connectivity index (χ3n) is 7.06. The number of methoxy groups -OCH3 is 1. The molecule has 1 aromatic rings. The molecule has 2 aliphatic heterocycles. The highest BCUT2D eigenvalue weighted by Crippen LogP contribution is 2.48. The molecule has 0 fully saturated rings. The van der Waals surface area contributed by atoms with Crippen LogP contribution in [0.15, 0.2) is 29.4 Å². The van der Waals surface area contributed by atoms with Crippen molar-refractivity contribution in [2.45, 2.75) is 58.9 Å². The topological polar surface area (TPSA) is 49.2 Å². The minimum absolute atomic E-state index is 0.0461. The Morgan fingerprint density at radius 2 is 2.13 bits per heavy atom. The van der Waals surface area contributed by atoms with Gasteiger partial charge in [0.15, 0.2) is 17.3 Å². The molecule has 0 saturated heterocycles. The summed E-state index contributed by atoms with van der Waals surface area (Å²) in [5, 5.41) is 0. The van der Waals surface area contributed by atoms with Crippen molar-refractivity contribution in [3.63, 3.8) is 0 Å². The fourth-order valence-electron chi connectivity index (χ4n) is 5.35. The maximum atomic E-state index is 13.0. The zero-order valence-electron chi connectivity index (χ0n) is 18.9. The van der Waals surface area contributed by atoms with Crippen molar-refractivity contribution in [3.05, 3.63) is 40.5 Å². The number of ether oxygens (including phenoxy) is 3. The molecule has 0 spiro atoms. The Kier molecular flexibility index (Phi) is 5.67. The molecule has 5 nitrogen and oxygen atoms in total. The Bertz CT molecular complexity index is 912. The molecule has 1 N–H and O–H groups in total. The molecule has 2 heterocycles. The molecule has 4 rings (SSSR count). The minimum Gasteiger partial charge on any atom is -0.492 e. The van der Waals surface area contributed by atoms with Crippen LogP contribution in [0.1, 0.15) is 63.6 Å². The number of nitrogens with one attached hydrogen (secondary N) is 1. The minimum atomic E-state index is 0.0461. The summed E-state index contributed by atoms with van der Waals surface area (Å²) in [5.41, 5.74) is 5.18. The summed E-state index contributed by atoms with van der Waals surface area (Å²) in [6.07, 6.45) is 8.80. The maximum absolute atomic E-state index is 13.0. The molecule has 0 aromatic heterocycles. The fraction of sp³-hybridized carbons (Fsp3) is 0.560. The first-order chi connectivity index (χ1) is 14.3. The molecule has 30 heavy (non-hydrogen) atoms. The molecule has 162 valence electrons. The molecule has 0 amide bonds. The number of likely N-dealkylation sites (N-methyl/N-ethyl adjacent to an activating group) is 1. The molecule has 3 aliphatic rings. The van der Waals surface area contributed by atoms with Crippen molar-refractivity contribution in [2.75, 3.05) is 27.5 Å². The molecule has 0 saturated carbocycles. The molecule has 1 aliphatic carbocycles. The maximum Gasteiger partial charge on any atom is 0.231 e. The summed E-state index contributed by atoms with van der Waals surface area (Å²) in [5.74, 6) is 2.31. The van der Waals surface area contributed by atoms with E-state index < -0.39 is 0 Å². The first kappa shape index (κ1) is 21.0. The Labute approximate surface area is 179 Å². The lowest BCUT2D eigenvalue weighted by Crippen LogP contribution is -3.10. The third kappa shape index (κ3) is 3.76. The van der Waals surface area contributed by atoms with Gasteiger partial charge >= 0.3 is 0 Å². The Morgan fingerprint density at radius 3 is 2.87 bits per heavy atom. The number of rotatable bonds is 5. The molecule has 5 heteroatoms. The van der Waals surface area contributed by atoms with Gasteiger partial charge in [-0.3, -0.25) is 4.79 Å². The van der Waals surface area contributed by atoms with Gasteiger partial charge in [0.05, 0.1) is 32.7 Å². The number of fused-ring (bicyclic) bond motifs is 2. The van der Waals surface area contributed by atoms with Crippen LogP contribution in [0.2, 0.25) is 0 Å². The second-order valence-electron chi connectivity index (χ2n) is 9.55. The Hall–Kier alpha value is -2.27. The smallest absolute Gasteiger partial charge is 0.231 e. The highest BCUT2D eigenvalue weighted by molar-refractivity contribution is 5.90. The summed E-state index contributed by atoms with van der Waals surface area (Å²) in [4.78, 5) is 14.4. The number of carbonyl (C=O) groups is 1. The lowest BCUT2D eigenvalue weighted by Gasteiger charge is -2.33. The van der Waals surface area contributed by atoms with Crippen molar-refractivity contribution in [3.8, 4) is 17.2 Å². The van der Waals surface area contributed by atoms with E-state index >= 15 is 0 Å². The van der Waals surface area contributed by atoms with E-state index in [1.54, 1.807) is 13.2 Å². The van der Waals surface area contributed by atoms with Crippen LogP contribution < -0.4 is 19.1 Å². The predicted octanol–water partition coefficient (Wildman–Crippen LogP) is 3.58. The first-order valence-electron chi connectivity index (χ1n) is 11.0. The Morgan fingerprint density at radius 1 is 1.33 bits per heavy atom. The third-order valence-corrected chi connectivity index (χ3v) is 7.06. The number of ketones is 1. The largest absolute Gasteiger partial charge is 0.492 e. The molecule has 2 unspecified atom stereocenters. The fourth-order valence-corrected chi connectivity index (χ4v) is 5.35. The lowest BCUT2D eigenvalue weighted by atomic mass is 9.72. The predicted molar refractivity (Wildman–Crippen MR) is 116 cm³/mol. The number of carbonyl (C=O) groups excluding carboxylic acids is 1. The van der Waals surface area contributed by atoms with Crippen molar-refractivity contribution in [1.82, 2.24) is 0 Å². The highest BCUT2D eigenvalue weighted by atomic mass is 16.7. The lowest BCUT2D eigenvalue weighted by molar-refractivity contribution is -0.914. The average Bonchev–Trinajstić information content (AvgIpc) is 3.16. The molecule has 2 atom stereocenters. The van der Waals surface area contributed by atoms with Gasteiger partial charge in [-0.25, -0.2) is 0 Å². The van der Waals surface area contributed by atoms with Gasteiger partial charge in [-0.1, -0.05) is 25.5 Å². The molecular weight excluding hydrogens is 378 g/mol. The molecule has 0 radical (unpaired) electrons. The van der Waals surface area contributed by atoms with Gasteiger partial charge in [0.2, 0.25) is 12.5 Å². The van der Waals surface area contributed by atoms with Crippen molar-refractivity contribution in [2.24, 2.45) is 5.41 Å². The van der Waals surface area contributed by atoms with Gasteiger partial charge in [0, 0.05) is 6.42 Å².